The van der Waals surface area contributed by atoms with Gasteiger partial charge in [-0.3, -0.25) is 9.59 Å². The molecule has 1 aliphatic heterocycles. The van der Waals surface area contributed by atoms with Crippen molar-refractivity contribution in [1.82, 2.24) is 15.1 Å². The normalized spacial score (nSPS) is 12.5. The molecule has 0 radical (unpaired) electrons. The lowest BCUT2D eigenvalue weighted by molar-refractivity contribution is -0.122. The van der Waals surface area contributed by atoms with E-state index < -0.39 is 5.91 Å². The third kappa shape index (κ3) is 5.03. The second kappa shape index (κ2) is 9.30. The van der Waals surface area contributed by atoms with Crippen LogP contribution in [0.15, 0.2) is 42.5 Å². The zero-order valence-electron chi connectivity index (χ0n) is 16.1. The van der Waals surface area contributed by atoms with E-state index in [0.717, 1.165) is 16.8 Å². The summed E-state index contributed by atoms with van der Waals surface area (Å²) < 4.78 is 14.5. The maximum Gasteiger partial charge on any atom is 0.258 e. The highest BCUT2D eigenvalue weighted by atomic mass is 35.5. The molecule has 0 saturated carbocycles. The summed E-state index contributed by atoms with van der Waals surface area (Å²) in [6.07, 6.45) is 0. The van der Waals surface area contributed by atoms with E-state index >= 15 is 0 Å². The molecule has 2 aromatic carbocycles. The molecule has 0 aliphatic carbocycles. The van der Waals surface area contributed by atoms with Crippen molar-refractivity contribution in [3.8, 4) is 0 Å². The maximum absolute atomic E-state index is 13.0. The van der Waals surface area contributed by atoms with Gasteiger partial charge in [0.05, 0.1) is 16.3 Å². The van der Waals surface area contributed by atoms with Crippen molar-refractivity contribution >= 4 is 52.6 Å². The van der Waals surface area contributed by atoms with Gasteiger partial charge in [0.15, 0.2) is 0 Å². The number of amides is 2. The Kier molecular flexibility index (Phi) is 6.50. The van der Waals surface area contributed by atoms with Crippen molar-refractivity contribution in [3.05, 3.63) is 80.7 Å². The van der Waals surface area contributed by atoms with Crippen LogP contribution >= 0.6 is 35.0 Å². The first-order chi connectivity index (χ1) is 14.9. The van der Waals surface area contributed by atoms with Gasteiger partial charge in [-0.15, -0.1) is 0 Å². The number of anilines is 1. The molecule has 1 aromatic heterocycles. The lowest BCUT2D eigenvalue weighted by Crippen LogP contribution is -2.29. The zero-order chi connectivity index (χ0) is 22.0. The molecule has 10 heteroatoms. The molecule has 6 nitrogen and oxygen atoms in total. The van der Waals surface area contributed by atoms with Gasteiger partial charge in [-0.2, -0.15) is 16.9 Å². The Labute approximate surface area is 192 Å². The summed E-state index contributed by atoms with van der Waals surface area (Å²) in [6, 6.07) is 10.5. The summed E-state index contributed by atoms with van der Waals surface area (Å²) in [7, 11) is 0. The smallest absolute Gasteiger partial charge is 0.258 e. The van der Waals surface area contributed by atoms with Crippen LogP contribution in [0.1, 0.15) is 27.2 Å². The van der Waals surface area contributed by atoms with E-state index in [4.69, 9.17) is 23.2 Å². The van der Waals surface area contributed by atoms with Crippen LogP contribution in [0.3, 0.4) is 0 Å². The number of hydrogen-bond donors (Lipinski definition) is 2. The van der Waals surface area contributed by atoms with Gasteiger partial charge >= 0.3 is 0 Å². The molecule has 0 fully saturated rings. The van der Waals surface area contributed by atoms with E-state index in [9.17, 15) is 14.0 Å². The second-order valence-electron chi connectivity index (χ2n) is 6.91. The Morgan fingerprint density at radius 2 is 1.90 bits per heavy atom. The summed E-state index contributed by atoms with van der Waals surface area (Å²) in [5.74, 6) is 0.817. The molecule has 160 valence electrons. The van der Waals surface area contributed by atoms with E-state index in [1.807, 2.05) is 0 Å². The number of hydrogen-bond acceptors (Lipinski definition) is 4. The topological polar surface area (TPSA) is 76.0 Å². The van der Waals surface area contributed by atoms with Crippen LogP contribution in [-0.4, -0.2) is 21.6 Å². The van der Waals surface area contributed by atoms with Crippen molar-refractivity contribution in [2.45, 2.75) is 24.6 Å². The van der Waals surface area contributed by atoms with Crippen LogP contribution in [-0.2, 0) is 29.4 Å². The molecule has 0 unspecified atom stereocenters. The van der Waals surface area contributed by atoms with Gasteiger partial charge in [0, 0.05) is 28.6 Å². The van der Waals surface area contributed by atoms with Gasteiger partial charge in [-0.05, 0) is 35.9 Å². The quantitative estimate of drug-likeness (QED) is 0.540. The Morgan fingerprint density at radius 1 is 1.13 bits per heavy atom. The molecule has 0 bridgehead atoms. The van der Waals surface area contributed by atoms with Crippen LogP contribution in [0.5, 0.6) is 0 Å². The van der Waals surface area contributed by atoms with Crippen LogP contribution < -0.4 is 10.6 Å². The number of fused-ring (bicyclic) bond motifs is 1. The minimum Gasteiger partial charge on any atom is -0.350 e. The highest BCUT2D eigenvalue weighted by Gasteiger charge is 2.25. The van der Waals surface area contributed by atoms with Crippen molar-refractivity contribution in [2.75, 3.05) is 5.32 Å². The first-order valence-electron chi connectivity index (χ1n) is 9.34. The van der Waals surface area contributed by atoms with Crippen LogP contribution in [0, 0.1) is 5.82 Å². The molecule has 0 saturated heterocycles. The van der Waals surface area contributed by atoms with Crippen molar-refractivity contribution in [2.24, 2.45) is 0 Å². The highest BCUT2D eigenvalue weighted by Crippen LogP contribution is 2.35. The number of rotatable bonds is 6. The number of thioether (sulfide) groups is 1. The first-order valence-corrected chi connectivity index (χ1v) is 11.3. The molecular formula is C21H17Cl2FN4O2S. The van der Waals surface area contributed by atoms with Gasteiger partial charge in [-0.25, -0.2) is 9.07 Å². The standard InChI is InChI=1S/C21H17Cl2FN4O2S/c22-13-3-6-17(23)15(7-13)21(30)26-20-16-10-31-11-18(16)27-28(20)9-19(29)25-8-12-1-4-14(24)5-2-12/h1-7H,8-11H2,(H,25,29)(H,26,30). The predicted octanol–water partition coefficient (Wildman–Crippen LogP) is 4.64. The van der Waals surface area contributed by atoms with Crippen LogP contribution in [0.4, 0.5) is 10.2 Å². The minimum absolute atomic E-state index is 0.0717. The van der Waals surface area contributed by atoms with E-state index in [2.05, 4.69) is 15.7 Å². The molecule has 0 atom stereocenters. The third-order valence-corrected chi connectivity index (χ3v) is 6.26. The second-order valence-corrected chi connectivity index (χ2v) is 8.74. The Bertz CT molecular complexity index is 1150. The van der Waals surface area contributed by atoms with Gasteiger partial charge in [-0.1, -0.05) is 35.3 Å². The molecule has 0 spiro atoms. The summed E-state index contributed by atoms with van der Waals surface area (Å²) in [4.78, 5) is 25.3. The molecular weight excluding hydrogens is 462 g/mol. The monoisotopic (exact) mass is 478 g/mol. The van der Waals surface area contributed by atoms with Gasteiger partial charge in [0.25, 0.3) is 5.91 Å². The summed E-state index contributed by atoms with van der Waals surface area (Å²) in [5, 5.41) is 10.8. The van der Waals surface area contributed by atoms with Gasteiger partial charge < -0.3 is 10.6 Å². The Morgan fingerprint density at radius 3 is 2.68 bits per heavy atom. The largest absolute Gasteiger partial charge is 0.350 e. The number of nitrogens with one attached hydrogen (secondary N) is 2. The summed E-state index contributed by atoms with van der Waals surface area (Å²) in [5.41, 5.74) is 2.74. The molecule has 1 aliphatic rings. The van der Waals surface area contributed by atoms with Gasteiger partial charge in [0.2, 0.25) is 5.91 Å². The minimum atomic E-state index is -0.430. The number of halogens is 3. The first kappa shape index (κ1) is 21.7. The third-order valence-electron chi connectivity index (χ3n) is 4.72. The van der Waals surface area contributed by atoms with Crippen molar-refractivity contribution in [3.63, 3.8) is 0 Å². The fourth-order valence-electron chi connectivity index (χ4n) is 3.16. The maximum atomic E-state index is 13.0. The molecule has 2 N–H and O–H groups in total. The number of carbonyl (C=O) groups is 2. The lowest BCUT2D eigenvalue weighted by Gasteiger charge is -2.12. The fourth-order valence-corrected chi connectivity index (χ4v) is 4.57. The number of benzene rings is 2. The Balaban J connectivity index is 1.49. The average molecular weight is 479 g/mol. The van der Waals surface area contributed by atoms with E-state index in [-0.39, 0.29) is 35.4 Å². The predicted molar refractivity (Wildman–Crippen MR) is 120 cm³/mol. The SMILES string of the molecule is O=C(Cn1nc2c(c1NC(=O)c1cc(Cl)ccc1Cl)CSC2)NCc1ccc(F)cc1. The molecule has 4 rings (SSSR count). The highest BCUT2D eigenvalue weighted by molar-refractivity contribution is 7.98. The number of nitrogens with zero attached hydrogens (tertiary/aromatic N) is 2. The lowest BCUT2D eigenvalue weighted by atomic mass is 10.2. The van der Waals surface area contributed by atoms with E-state index in [1.165, 1.54) is 22.9 Å². The number of aromatic nitrogens is 2. The van der Waals surface area contributed by atoms with Crippen LogP contribution in [0.25, 0.3) is 0 Å². The molecule has 31 heavy (non-hydrogen) atoms. The summed E-state index contributed by atoms with van der Waals surface area (Å²) >= 11 is 13.8. The molecule has 3 aromatic rings. The van der Waals surface area contributed by atoms with Crippen LogP contribution in [0.2, 0.25) is 10.0 Å². The Hall–Kier alpha value is -2.55. The number of carbonyl (C=O) groups excluding carboxylic acids is 2. The average Bonchev–Trinajstić information content (AvgIpc) is 3.32. The van der Waals surface area contributed by atoms with E-state index in [1.54, 1.807) is 36.0 Å². The zero-order valence-corrected chi connectivity index (χ0v) is 18.5. The van der Waals surface area contributed by atoms with Crippen molar-refractivity contribution in [1.29, 1.82) is 0 Å². The van der Waals surface area contributed by atoms with E-state index in [0.29, 0.717) is 22.3 Å². The fraction of sp³-hybridized carbons (Fsp3) is 0.190. The molecule has 2 heterocycles. The van der Waals surface area contributed by atoms with Crippen molar-refractivity contribution < 1.29 is 14.0 Å². The van der Waals surface area contributed by atoms with Gasteiger partial charge in [0.1, 0.15) is 18.2 Å². The summed E-state index contributed by atoms with van der Waals surface area (Å²) in [6.45, 7) is 0.188. The molecule has 2 amide bonds.